The number of phenols is 1. The third-order valence-corrected chi connectivity index (χ3v) is 6.05. The quantitative estimate of drug-likeness (QED) is 0.139. The molecule has 30 heavy (non-hydrogen) atoms. The van der Waals surface area contributed by atoms with Crippen LogP contribution < -0.4 is 5.32 Å². The molecular weight excluding hydrogens is 370 g/mol. The average molecular weight is 420 g/mol. The Morgan fingerprint density at radius 2 is 1.03 bits per heavy atom. The number of rotatable bonds is 21. The molecule has 1 aromatic carbocycles. The fraction of sp³-hybridized carbons (Fsp3) is 0.778. The molecule has 3 nitrogen and oxygen atoms in total. The number of aliphatic hydroxyl groups excluding tert-OH is 1. The fourth-order valence-electron chi connectivity index (χ4n) is 4.02. The van der Waals surface area contributed by atoms with Crippen molar-refractivity contribution in [2.45, 2.75) is 129 Å². The Labute approximate surface area is 186 Å². The summed E-state index contributed by atoms with van der Waals surface area (Å²) in [6, 6.07) is 6.98. The van der Waals surface area contributed by atoms with Crippen LogP contribution in [0, 0.1) is 0 Å². The number of aromatic hydroxyl groups is 1. The van der Waals surface area contributed by atoms with E-state index in [-0.39, 0.29) is 11.9 Å². The van der Waals surface area contributed by atoms with Gasteiger partial charge in [0.1, 0.15) is 5.75 Å². The Balaban J connectivity index is 1.76. The topological polar surface area (TPSA) is 52.5 Å². The average Bonchev–Trinajstić information content (AvgIpc) is 2.75. The maximum atomic E-state index is 10.1. The van der Waals surface area contributed by atoms with E-state index < -0.39 is 0 Å². The molecule has 1 aromatic rings. The number of hydrogen-bond donors (Lipinski definition) is 3. The first-order chi connectivity index (χ1) is 14.7. The summed E-state index contributed by atoms with van der Waals surface area (Å²) in [5.41, 5.74) is 0.939. The molecule has 0 fully saturated rings. The standard InChI is InChI=1S/C27H49NO2/c1-2-3-4-5-6-7-8-9-10-11-12-13-14-15-16-17-18-19-27(30)24-28-25-20-22-26(29)23-21-25/h20-23,27-30H,2-19,24H2,1H3. The molecule has 0 aliphatic carbocycles. The molecule has 0 aliphatic rings. The van der Waals surface area contributed by atoms with Crippen molar-refractivity contribution in [2.75, 3.05) is 11.9 Å². The molecule has 0 aromatic heterocycles. The van der Waals surface area contributed by atoms with Gasteiger partial charge in [-0.1, -0.05) is 116 Å². The van der Waals surface area contributed by atoms with Crippen LogP contribution in [0.1, 0.15) is 122 Å². The minimum absolute atomic E-state index is 0.268. The number of phenolic OH excluding ortho intramolecular Hbond substituents is 1. The van der Waals surface area contributed by atoms with E-state index in [2.05, 4.69) is 12.2 Å². The van der Waals surface area contributed by atoms with Crippen LogP contribution in [0.2, 0.25) is 0 Å². The summed E-state index contributed by atoms with van der Waals surface area (Å²) < 4.78 is 0. The summed E-state index contributed by atoms with van der Waals surface area (Å²) >= 11 is 0. The van der Waals surface area contributed by atoms with Gasteiger partial charge in [0, 0.05) is 12.2 Å². The maximum Gasteiger partial charge on any atom is 0.115 e. The zero-order valence-electron chi connectivity index (χ0n) is 19.7. The van der Waals surface area contributed by atoms with E-state index in [1.165, 1.54) is 103 Å². The number of hydrogen-bond acceptors (Lipinski definition) is 3. The summed E-state index contributed by atoms with van der Waals surface area (Å²) in [6.07, 6.45) is 24.1. The highest BCUT2D eigenvalue weighted by atomic mass is 16.3. The summed E-state index contributed by atoms with van der Waals surface area (Å²) in [5.74, 6) is 0.268. The van der Waals surface area contributed by atoms with Gasteiger partial charge >= 0.3 is 0 Å². The lowest BCUT2D eigenvalue weighted by Gasteiger charge is -2.12. The van der Waals surface area contributed by atoms with Crippen LogP contribution in [-0.4, -0.2) is 22.9 Å². The van der Waals surface area contributed by atoms with Gasteiger partial charge in [-0.2, -0.15) is 0 Å². The normalized spacial score (nSPS) is 12.2. The molecule has 3 N–H and O–H groups in total. The largest absolute Gasteiger partial charge is 0.508 e. The van der Waals surface area contributed by atoms with Crippen LogP contribution in [0.3, 0.4) is 0 Å². The third-order valence-electron chi connectivity index (χ3n) is 6.05. The summed E-state index contributed by atoms with van der Waals surface area (Å²) in [7, 11) is 0. The van der Waals surface area contributed by atoms with E-state index in [4.69, 9.17) is 0 Å². The highest BCUT2D eigenvalue weighted by molar-refractivity contribution is 5.45. The van der Waals surface area contributed by atoms with Gasteiger partial charge in [0.2, 0.25) is 0 Å². The molecule has 0 amide bonds. The molecule has 0 heterocycles. The minimum Gasteiger partial charge on any atom is -0.508 e. The van der Waals surface area contributed by atoms with Gasteiger partial charge in [-0.25, -0.2) is 0 Å². The Bertz CT molecular complexity index is 474. The second-order valence-electron chi connectivity index (χ2n) is 9.03. The molecule has 1 unspecified atom stereocenters. The van der Waals surface area contributed by atoms with Crippen molar-refractivity contribution in [1.29, 1.82) is 0 Å². The van der Waals surface area contributed by atoms with E-state index in [9.17, 15) is 10.2 Å². The van der Waals surface area contributed by atoms with E-state index >= 15 is 0 Å². The van der Waals surface area contributed by atoms with E-state index in [0.717, 1.165) is 18.5 Å². The van der Waals surface area contributed by atoms with Gasteiger partial charge in [0.05, 0.1) is 6.10 Å². The molecule has 0 bridgehead atoms. The first-order valence-corrected chi connectivity index (χ1v) is 12.9. The Hall–Kier alpha value is -1.22. The molecule has 0 radical (unpaired) electrons. The van der Waals surface area contributed by atoms with Crippen molar-refractivity contribution in [1.82, 2.24) is 0 Å². The lowest BCUT2D eigenvalue weighted by molar-refractivity contribution is 0.173. The minimum atomic E-state index is -0.296. The van der Waals surface area contributed by atoms with Gasteiger partial charge < -0.3 is 15.5 Å². The van der Waals surface area contributed by atoms with Crippen molar-refractivity contribution >= 4 is 5.69 Å². The van der Waals surface area contributed by atoms with Gasteiger partial charge in [-0.15, -0.1) is 0 Å². The predicted molar refractivity (Wildman–Crippen MR) is 131 cm³/mol. The summed E-state index contributed by atoms with van der Waals surface area (Å²) in [5, 5.41) is 22.6. The monoisotopic (exact) mass is 419 g/mol. The zero-order valence-corrected chi connectivity index (χ0v) is 19.7. The lowest BCUT2D eigenvalue weighted by Crippen LogP contribution is -2.19. The van der Waals surface area contributed by atoms with Crippen molar-refractivity contribution in [3.8, 4) is 5.75 Å². The molecule has 1 atom stereocenters. The lowest BCUT2D eigenvalue weighted by atomic mass is 10.0. The Kier molecular flexibility index (Phi) is 17.6. The predicted octanol–water partition coefficient (Wildman–Crippen LogP) is 8.21. The maximum absolute atomic E-state index is 10.1. The Morgan fingerprint density at radius 1 is 0.633 bits per heavy atom. The number of anilines is 1. The van der Waals surface area contributed by atoms with Crippen molar-refractivity contribution in [3.05, 3.63) is 24.3 Å². The first-order valence-electron chi connectivity index (χ1n) is 12.9. The van der Waals surface area contributed by atoms with Crippen molar-refractivity contribution < 1.29 is 10.2 Å². The second-order valence-corrected chi connectivity index (χ2v) is 9.03. The van der Waals surface area contributed by atoms with Crippen LogP contribution in [0.25, 0.3) is 0 Å². The second kappa shape index (κ2) is 19.7. The molecular formula is C27H49NO2. The van der Waals surface area contributed by atoms with Gasteiger partial charge in [-0.05, 0) is 30.7 Å². The SMILES string of the molecule is CCCCCCCCCCCCCCCCCCCC(O)CNc1ccc(O)cc1. The van der Waals surface area contributed by atoms with Gasteiger partial charge in [0.15, 0.2) is 0 Å². The van der Waals surface area contributed by atoms with Crippen LogP contribution in [0.15, 0.2) is 24.3 Å². The van der Waals surface area contributed by atoms with E-state index in [1.807, 2.05) is 12.1 Å². The number of benzene rings is 1. The molecule has 1 rings (SSSR count). The highest BCUT2D eigenvalue weighted by Crippen LogP contribution is 2.16. The van der Waals surface area contributed by atoms with Crippen LogP contribution >= 0.6 is 0 Å². The van der Waals surface area contributed by atoms with Crippen molar-refractivity contribution in [3.63, 3.8) is 0 Å². The third kappa shape index (κ3) is 16.6. The molecule has 174 valence electrons. The highest BCUT2D eigenvalue weighted by Gasteiger charge is 2.04. The number of nitrogens with one attached hydrogen (secondary N) is 1. The van der Waals surface area contributed by atoms with Crippen LogP contribution in [0.5, 0.6) is 5.75 Å². The van der Waals surface area contributed by atoms with Gasteiger partial charge in [-0.3, -0.25) is 0 Å². The fourth-order valence-corrected chi connectivity index (χ4v) is 4.02. The summed E-state index contributed by atoms with van der Waals surface area (Å²) in [4.78, 5) is 0. The van der Waals surface area contributed by atoms with E-state index in [1.54, 1.807) is 12.1 Å². The van der Waals surface area contributed by atoms with Gasteiger partial charge in [0.25, 0.3) is 0 Å². The zero-order chi connectivity index (χ0) is 21.7. The van der Waals surface area contributed by atoms with Crippen LogP contribution in [-0.2, 0) is 0 Å². The molecule has 3 heteroatoms. The number of aliphatic hydroxyl groups is 1. The first kappa shape index (κ1) is 26.8. The smallest absolute Gasteiger partial charge is 0.115 e. The van der Waals surface area contributed by atoms with Crippen molar-refractivity contribution in [2.24, 2.45) is 0 Å². The molecule has 0 aliphatic heterocycles. The van der Waals surface area contributed by atoms with Crippen LogP contribution in [0.4, 0.5) is 5.69 Å². The molecule has 0 saturated heterocycles. The molecule has 0 saturated carbocycles. The summed E-state index contributed by atoms with van der Waals surface area (Å²) in [6.45, 7) is 2.86. The Morgan fingerprint density at radius 3 is 1.47 bits per heavy atom. The number of unbranched alkanes of at least 4 members (excludes halogenated alkanes) is 16. The van der Waals surface area contributed by atoms with E-state index in [0.29, 0.717) is 6.54 Å². The molecule has 0 spiro atoms.